The van der Waals surface area contributed by atoms with Gasteiger partial charge in [-0.1, -0.05) is 11.6 Å². The van der Waals surface area contributed by atoms with E-state index in [-0.39, 0.29) is 24.5 Å². The summed E-state index contributed by atoms with van der Waals surface area (Å²) in [5, 5.41) is 22.1. The standard InChI is InChI=1S/C14H18ClNO4/c1-20-13-3-2-9(15)5-11(13)14(19)16-10-4-8(7-17)12(18)6-10/h2-3,5,8,10,12,17-18H,4,6-7H2,1H3,(H,16,19)/t8-,10-,12-/m1/s1. The first-order chi connectivity index (χ1) is 9.55. The Bertz CT molecular complexity index is 494. The van der Waals surface area contributed by atoms with Crippen LogP contribution in [0.4, 0.5) is 0 Å². The van der Waals surface area contributed by atoms with E-state index in [1.54, 1.807) is 18.2 Å². The number of rotatable bonds is 4. The molecule has 1 amide bonds. The normalized spacial score (nSPS) is 25.5. The van der Waals surface area contributed by atoms with Gasteiger partial charge in [0.25, 0.3) is 5.91 Å². The van der Waals surface area contributed by atoms with Gasteiger partial charge in [0.1, 0.15) is 5.75 Å². The van der Waals surface area contributed by atoms with E-state index in [0.29, 0.717) is 29.2 Å². The summed E-state index contributed by atoms with van der Waals surface area (Å²) in [5.74, 6) is -0.0224. The third kappa shape index (κ3) is 3.23. The zero-order chi connectivity index (χ0) is 14.7. The topological polar surface area (TPSA) is 78.8 Å². The summed E-state index contributed by atoms with van der Waals surface area (Å²) in [6.45, 7) is -0.0754. The van der Waals surface area contributed by atoms with Crippen LogP contribution in [0.3, 0.4) is 0 Å². The van der Waals surface area contributed by atoms with E-state index in [4.69, 9.17) is 21.4 Å². The minimum absolute atomic E-state index is 0.0754. The minimum Gasteiger partial charge on any atom is -0.496 e. The molecule has 0 saturated heterocycles. The van der Waals surface area contributed by atoms with Crippen LogP contribution >= 0.6 is 11.6 Å². The third-order valence-corrected chi connectivity index (χ3v) is 3.87. The van der Waals surface area contributed by atoms with Crippen LogP contribution in [0, 0.1) is 5.92 Å². The molecule has 0 bridgehead atoms. The largest absolute Gasteiger partial charge is 0.496 e. The van der Waals surface area contributed by atoms with E-state index in [1.807, 2.05) is 0 Å². The molecule has 0 heterocycles. The fourth-order valence-corrected chi connectivity index (χ4v) is 2.71. The Labute approximate surface area is 122 Å². The summed E-state index contributed by atoms with van der Waals surface area (Å²) in [5.41, 5.74) is 0.363. The van der Waals surface area contributed by atoms with Crippen molar-refractivity contribution in [3.8, 4) is 5.75 Å². The lowest BCUT2D eigenvalue weighted by Crippen LogP contribution is -2.33. The molecule has 0 unspecified atom stereocenters. The van der Waals surface area contributed by atoms with Crippen molar-refractivity contribution in [1.29, 1.82) is 0 Å². The fraction of sp³-hybridized carbons (Fsp3) is 0.500. The number of carbonyl (C=O) groups is 1. The first-order valence-electron chi connectivity index (χ1n) is 6.48. The molecule has 2 rings (SSSR count). The zero-order valence-corrected chi connectivity index (χ0v) is 11.9. The molecule has 0 aromatic heterocycles. The lowest BCUT2D eigenvalue weighted by Gasteiger charge is -2.14. The molecule has 1 saturated carbocycles. The molecule has 20 heavy (non-hydrogen) atoms. The van der Waals surface area contributed by atoms with Gasteiger partial charge in [0.05, 0.1) is 18.8 Å². The highest BCUT2D eigenvalue weighted by atomic mass is 35.5. The van der Waals surface area contributed by atoms with Gasteiger partial charge in [0.2, 0.25) is 0 Å². The molecule has 1 aromatic carbocycles. The minimum atomic E-state index is -0.577. The Balaban J connectivity index is 2.07. The lowest BCUT2D eigenvalue weighted by atomic mass is 10.1. The summed E-state index contributed by atoms with van der Waals surface area (Å²) in [4.78, 5) is 12.2. The third-order valence-electron chi connectivity index (χ3n) is 3.63. The van der Waals surface area contributed by atoms with Gasteiger partial charge in [-0.25, -0.2) is 0 Å². The Morgan fingerprint density at radius 3 is 2.85 bits per heavy atom. The quantitative estimate of drug-likeness (QED) is 0.781. The predicted molar refractivity (Wildman–Crippen MR) is 75.1 cm³/mol. The maximum absolute atomic E-state index is 12.2. The molecule has 0 spiro atoms. The van der Waals surface area contributed by atoms with Crippen LogP contribution in [0.25, 0.3) is 0 Å². The van der Waals surface area contributed by atoms with Crippen LogP contribution in [0.2, 0.25) is 5.02 Å². The molecule has 3 N–H and O–H groups in total. The Kier molecular flexibility index (Phi) is 4.86. The smallest absolute Gasteiger partial charge is 0.255 e. The molecule has 6 heteroatoms. The van der Waals surface area contributed by atoms with E-state index in [9.17, 15) is 9.90 Å². The number of aliphatic hydroxyl groups excluding tert-OH is 2. The van der Waals surface area contributed by atoms with Gasteiger partial charge in [0.15, 0.2) is 0 Å². The fourth-order valence-electron chi connectivity index (χ4n) is 2.54. The van der Waals surface area contributed by atoms with Crippen molar-refractivity contribution < 1.29 is 19.7 Å². The maximum Gasteiger partial charge on any atom is 0.255 e. The molecule has 0 aliphatic heterocycles. The van der Waals surface area contributed by atoms with Crippen LogP contribution in [0.1, 0.15) is 23.2 Å². The summed E-state index contributed by atoms with van der Waals surface area (Å²) in [7, 11) is 1.49. The second kappa shape index (κ2) is 6.43. The molecule has 1 aliphatic carbocycles. The summed E-state index contributed by atoms with van der Waals surface area (Å²) >= 11 is 5.89. The van der Waals surface area contributed by atoms with E-state index in [1.165, 1.54) is 7.11 Å². The van der Waals surface area contributed by atoms with Gasteiger partial charge < -0.3 is 20.3 Å². The number of amides is 1. The first kappa shape index (κ1) is 15.1. The Morgan fingerprint density at radius 1 is 1.50 bits per heavy atom. The zero-order valence-electron chi connectivity index (χ0n) is 11.2. The van der Waals surface area contributed by atoms with Crippen molar-refractivity contribution in [2.45, 2.75) is 25.0 Å². The lowest BCUT2D eigenvalue weighted by molar-refractivity contribution is 0.0903. The number of hydrogen-bond acceptors (Lipinski definition) is 4. The second-order valence-electron chi connectivity index (χ2n) is 5.00. The number of ether oxygens (including phenoxy) is 1. The summed E-state index contributed by atoms with van der Waals surface area (Å²) < 4.78 is 5.14. The molecular weight excluding hydrogens is 282 g/mol. The van der Waals surface area contributed by atoms with E-state index < -0.39 is 6.10 Å². The number of aliphatic hydroxyl groups is 2. The molecule has 5 nitrogen and oxygen atoms in total. The average Bonchev–Trinajstić information content (AvgIpc) is 2.78. The highest BCUT2D eigenvalue weighted by molar-refractivity contribution is 6.31. The van der Waals surface area contributed by atoms with E-state index in [0.717, 1.165) is 0 Å². The maximum atomic E-state index is 12.2. The van der Waals surface area contributed by atoms with Crippen LogP contribution in [0.15, 0.2) is 18.2 Å². The van der Waals surface area contributed by atoms with Gasteiger partial charge in [-0.15, -0.1) is 0 Å². The Hall–Kier alpha value is -1.30. The number of hydrogen-bond donors (Lipinski definition) is 3. The van der Waals surface area contributed by atoms with Crippen LogP contribution in [0.5, 0.6) is 5.75 Å². The molecule has 3 atom stereocenters. The highest BCUT2D eigenvalue weighted by Gasteiger charge is 2.33. The number of methoxy groups -OCH3 is 1. The van der Waals surface area contributed by atoms with Crippen molar-refractivity contribution in [3.05, 3.63) is 28.8 Å². The number of nitrogens with one attached hydrogen (secondary N) is 1. The Morgan fingerprint density at radius 2 is 2.25 bits per heavy atom. The van der Waals surface area contributed by atoms with Crippen molar-refractivity contribution >= 4 is 17.5 Å². The van der Waals surface area contributed by atoms with Crippen molar-refractivity contribution in [1.82, 2.24) is 5.32 Å². The first-order valence-corrected chi connectivity index (χ1v) is 6.86. The SMILES string of the molecule is COc1ccc(Cl)cc1C(=O)N[C@@H]1C[C@H](CO)[C@H](O)C1. The monoisotopic (exact) mass is 299 g/mol. The summed E-state index contributed by atoms with van der Waals surface area (Å²) in [6, 6.07) is 4.68. The molecule has 1 aliphatic rings. The van der Waals surface area contributed by atoms with Crippen LogP contribution < -0.4 is 10.1 Å². The van der Waals surface area contributed by atoms with Crippen molar-refractivity contribution in [3.63, 3.8) is 0 Å². The van der Waals surface area contributed by atoms with Gasteiger partial charge in [0, 0.05) is 23.6 Å². The number of benzene rings is 1. The molecule has 1 aromatic rings. The van der Waals surface area contributed by atoms with Crippen molar-refractivity contribution in [2.24, 2.45) is 5.92 Å². The molecule has 110 valence electrons. The highest BCUT2D eigenvalue weighted by Crippen LogP contribution is 2.27. The molecule has 1 fully saturated rings. The van der Waals surface area contributed by atoms with Gasteiger partial charge in [-0.05, 0) is 31.0 Å². The van der Waals surface area contributed by atoms with E-state index in [2.05, 4.69) is 5.32 Å². The average molecular weight is 300 g/mol. The van der Waals surface area contributed by atoms with Crippen molar-refractivity contribution in [2.75, 3.05) is 13.7 Å². The molecule has 0 radical (unpaired) electrons. The summed E-state index contributed by atoms with van der Waals surface area (Å²) in [6.07, 6.45) is 0.429. The molecular formula is C14H18ClNO4. The predicted octanol–water partition coefficient (Wildman–Crippen LogP) is 1.21. The van der Waals surface area contributed by atoms with Crippen LogP contribution in [-0.2, 0) is 0 Å². The van der Waals surface area contributed by atoms with Gasteiger partial charge >= 0.3 is 0 Å². The van der Waals surface area contributed by atoms with Gasteiger partial charge in [-0.2, -0.15) is 0 Å². The van der Waals surface area contributed by atoms with Crippen LogP contribution in [-0.4, -0.2) is 42.0 Å². The van der Waals surface area contributed by atoms with E-state index >= 15 is 0 Å². The number of carbonyl (C=O) groups excluding carboxylic acids is 1. The number of halogens is 1. The second-order valence-corrected chi connectivity index (χ2v) is 5.43. The van der Waals surface area contributed by atoms with Gasteiger partial charge in [-0.3, -0.25) is 4.79 Å².